The van der Waals surface area contributed by atoms with E-state index in [1.54, 1.807) is 24.3 Å². The van der Waals surface area contributed by atoms with Gasteiger partial charge in [-0.25, -0.2) is 4.79 Å². The average Bonchev–Trinajstić information content (AvgIpc) is 3.00. The van der Waals surface area contributed by atoms with Gasteiger partial charge in [0.15, 0.2) is 5.78 Å². The predicted molar refractivity (Wildman–Crippen MR) is 108 cm³/mol. The highest BCUT2D eigenvalue weighted by Crippen LogP contribution is 2.24. The molecule has 0 unspecified atom stereocenters. The summed E-state index contributed by atoms with van der Waals surface area (Å²) in [5.41, 5.74) is 0.701. The smallest absolute Gasteiger partial charge is 0.292 e. The number of benzene rings is 1. The third-order valence-electron chi connectivity index (χ3n) is 4.23. The van der Waals surface area contributed by atoms with Crippen molar-refractivity contribution in [3.8, 4) is 0 Å². The molecule has 0 amide bonds. The van der Waals surface area contributed by atoms with E-state index < -0.39 is 5.69 Å². The first kappa shape index (κ1) is 18.8. The fourth-order valence-electron chi connectivity index (χ4n) is 2.93. The number of thiophene rings is 1. The molecule has 0 aliphatic rings. The SMILES string of the molecule is CC(C)Cc1csc2c1c(=O)n(C)c(=O)n2CC(=O)c1ccc(Br)cc1. The Morgan fingerprint density at radius 2 is 1.85 bits per heavy atom. The summed E-state index contributed by atoms with van der Waals surface area (Å²) in [6.07, 6.45) is 0.758. The van der Waals surface area contributed by atoms with Crippen LogP contribution in [0, 0.1) is 5.92 Å². The van der Waals surface area contributed by atoms with E-state index in [9.17, 15) is 14.4 Å². The van der Waals surface area contributed by atoms with Crippen LogP contribution in [0.25, 0.3) is 10.2 Å². The van der Waals surface area contributed by atoms with Crippen molar-refractivity contribution in [1.29, 1.82) is 0 Å². The fraction of sp³-hybridized carbons (Fsp3) is 0.316. The van der Waals surface area contributed by atoms with Gasteiger partial charge in [0.1, 0.15) is 4.83 Å². The summed E-state index contributed by atoms with van der Waals surface area (Å²) >= 11 is 4.69. The van der Waals surface area contributed by atoms with Crippen LogP contribution in [0.15, 0.2) is 43.7 Å². The minimum atomic E-state index is -0.467. The fourth-order valence-corrected chi connectivity index (χ4v) is 4.27. The van der Waals surface area contributed by atoms with Gasteiger partial charge >= 0.3 is 5.69 Å². The van der Waals surface area contributed by atoms with Crippen molar-refractivity contribution in [2.45, 2.75) is 26.8 Å². The minimum Gasteiger partial charge on any atom is -0.292 e. The van der Waals surface area contributed by atoms with E-state index in [0.717, 1.165) is 21.0 Å². The number of aromatic nitrogens is 2. The molecular weight excluding hydrogens is 416 g/mol. The highest BCUT2D eigenvalue weighted by molar-refractivity contribution is 9.10. The number of carbonyl (C=O) groups is 1. The Morgan fingerprint density at radius 3 is 2.46 bits per heavy atom. The zero-order valence-electron chi connectivity index (χ0n) is 14.8. The first-order valence-corrected chi connectivity index (χ1v) is 9.95. The Morgan fingerprint density at radius 1 is 1.19 bits per heavy atom. The van der Waals surface area contributed by atoms with Crippen molar-refractivity contribution in [3.63, 3.8) is 0 Å². The lowest BCUT2D eigenvalue weighted by molar-refractivity contribution is 0.0971. The molecule has 26 heavy (non-hydrogen) atoms. The molecule has 2 aromatic heterocycles. The molecule has 0 fully saturated rings. The molecule has 0 N–H and O–H groups in total. The molecule has 136 valence electrons. The van der Waals surface area contributed by atoms with Crippen LogP contribution in [-0.2, 0) is 20.0 Å². The summed E-state index contributed by atoms with van der Waals surface area (Å²) in [6.45, 7) is 4.08. The molecule has 0 aliphatic carbocycles. The lowest BCUT2D eigenvalue weighted by Crippen LogP contribution is -2.39. The van der Waals surface area contributed by atoms with Crippen molar-refractivity contribution in [3.05, 3.63) is 66.1 Å². The maximum absolute atomic E-state index is 12.6. The number of ketones is 1. The standard InChI is InChI=1S/C19H19BrN2O3S/c1-11(2)8-13-10-26-18-16(13)17(24)21(3)19(25)22(18)9-15(23)12-4-6-14(20)7-5-12/h4-7,10-11H,8-9H2,1-3H3. The summed E-state index contributed by atoms with van der Waals surface area (Å²) in [7, 11) is 1.46. The molecule has 1 aromatic carbocycles. The molecule has 3 aromatic rings. The van der Waals surface area contributed by atoms with Crippen molar-refractivity contribution >= 4 is 43.3 Å². The Hall–Kier alpha value is -1.99. The Balaban J connectivity index is 2.12. The molecular formula is C19H19BrN2O3S. The third-order valence-corrected chi connectivity index (χ3v) is 5.80. The van der Waals surface area contributed by atoms with E-state index in [-0.39, 0.29) is 17.9 Å². The van der Waals surface area contributed by atoms with Crippen LogP contribution in [0.3, 0.4) is 0 Å². The second-order valence-corrected chi connectivity index (χ2v) is 8.48. The largest absolute Gasteiger partial charge is 0.332 e. The highest BCUT2D eigenvalue weighted by Gasteiger charge is 2.19. The monoisotopic (exact) mass is 434 g/mol. The summed E-state index contributed by atoms with van der Waals surface area (Å²) in [4.78, 5) is 38.5. The number of fused-ring (bicyclic) bond motifs is 1. The lowest BCUT2D eigenvalue weighted by Gasteiger charge is -2.10. The van der Waals surface area contributed by atoms with E-state index in [1.807, 2.05) is 5.38 Å². The third kappa shape index (κ3) is 3.46. The van der Waals surface area contributed by atoms with E-state index in [0.29, 0.717) is 21.7 Å². The van der Waals surface area contributed by atoms with Crippen LogP contribution in [0.1, 0.15) is 29.8 Å². The minimum absolute atomic E-state index is 0.0906. The van der Waals surface area contributed by atoms with E-state index in [2.05, 4.69) is 29.8 Å². The number of hydrogen-bond donors (Lipinski definition) is 0. The second kappa shape index (κ2) is 7.32. The second-order valence-electron chi connectivity index (χ2n) is 6.70. The van der Waals surface area contributed by atoms with Crippen LogP contribution in [0.5, 0.6) is 0 Å². The summed E-state index contributed by atoms with van der Waals surface area (Å²) in [6, 6.07) is 7.01. The molecule has 0 saturated carbocycles. The Labute approximate surface area is 163 Å². The molecule has 0 spiro atoms. The number of nitrogens with zero attached hydrogens (tertiary/aromatic N) is 2. The van der Waals surface area contributed by atoms with Gasteiger partial charge in [0, 0.05) is 17.1 Å². The van der Waals surface area contributed by atoms with Gasteiger partial charge in [-0.05, 0) is 35.4 Å². The Kier molecular flexibility index (Phi) is 5.29. The maximum Gasteiger partial charge on any atom is 0.332 e. The van der Waals surface area contributed by atoms with Gasteiger partial charge in [-0.2, -0.15) is 0 Å². The molecule has 0 atom stereocenters. The van der Waals surface area contributed by atoms with Crippen molar-refractivity contribution in [2.75, 3.05) is 0 Å². The van der Waals surface area contributed by atoms with Gasteiger partial charge in [0.25, 0.3) is 5.56 Å². The number of hydrogen-bond acceptors (Lipinski definition) is 4. The van der Waals surface area contributed by atoms with Crippen molar-refractivity contribution in [2.24, 2.45) is 13.0 Å². The van der Waals surface area contributed by atoms with E-state index >= 15 is 0 Å². The van der Waals surface area contributed by atoms with Crippen LogP contribution in [0.2, 0.25) is 0 Å². The molecule has 0 bridgehead atoms. The van der Waals surface area contributed by atoms with Crippen LogP contribution in [0.4, 0.5) is 0 Å². The van der Waals surface area contributed by atoms with Crippen LogP contribution < -0.4 is 11.2 Å². The number of Topliss-reactive ketones (excluding diaryl/α,β-unsaturated/α-hetero) is 1. The van der Waals surface area contributed by atoms with Gasteiger partial charge in [-0.1, -0.05) is 41.9 Å². The van der Waals surface area contributed by atoms with E-state index in [4.69, 9.17) is 0 Å². The number of carbonyl (C=O) groups excluding carboxylic acids is 1. The lowest BCUT2D eigenvalue weighted by atomic mass is 10.0. The molecule has 0 radical (unpaired) electrons. The highest BCUT2D eigenvalue weighted by atomic mass is 79.9. The number of rotatable bonds is 5. The molecule has 0 aliphatic heterocycles. The molecule has 7 heteroatoms. The zero-order chi connectivity index (χ0) is 19.0. The normalized spacial score (nSPS) is 11.4. The summed E-state index contributed by atoms with van der Waals surface area (Å²) < 4.78 is 3.39. The topological polar surface area (TPSA) is 61.1 Å². The van der Waals surface area contributed by atoms with E-state index in [1.165, 1.54) is 23.0 Å². The molecule has 2 heterocycles. The summed E-state index contributed by atoms with van der Waals surface area (Å²) in [5, 5.41) is 2.47. The first-order valence-electron chi connectivity index (χ1n) is 8.28. The predicted octanol–water partition coefficient (Wildman–Crippen LogP) is 3.61. The van der Waals surface area contributed by atoms with Crippen LogP contribution in [-0.4, -0.2) is 14.9 Å². The maximum atomic E-state index is 12.6. The van der Waals surface area contributed by atoms with Gasteiger partial charge in [-0.15, -0.1) is 11.3 Å². The molecule has 3 rings (SSSR count). The molecule has 5 nitrogen and oxygen atoms in total. The van der Waals surface area contributed by atoms with Crippen molar-refractivity contribution < 1.29 is 4.79 Å². The molecule has 0 saturated heterocycles. The zero-order valence-corrected chi connectivity index (χ0v) is 17.2. The first-order chi connectivity index (χ1) is 12.3. The van der Waals surface area contributed by atoms with Crippen LogP contribution >= 0.6 is 27.3 Å². The number of halogens is 1. The van der Waals surface area contributed by atoms with Gasteiger partial charge in [0.2, 0.25) is 0 Å². The quantitative estimate of drug-likeness (QED) is 0.576. The van der Waals surface area contributed by atoms with Gasteiger partial charge in [-0.3, -0.25) is 18.7 Å². The Bertz CT molecular complexity index is 1090. The van der Waals surface area contributed by atoms with Gasteiger partial charge in [0.05, 0.1) is 11.9 Å². The average molecular weight is 435 g/mol. The van der Waals surface area contributed by atoms with Crippen molar-refractivity contribution in [1.82, 2.24) is 9.13 Å². The summed E-state index contributed by atoms with van der Waals surface area (Å²) in [5.74, 6) is 0.223. The van der Waals surface area contributed by atoms with Gasteiger partial charge < -0.3 is 0 Å².